The number of aromatic nitrogens is 1. The molecule has 3 nitrogen and oxygen atoms in total. The van der Waals surface area contributed by atoms with Gasteiger partial charge in [-0.2, -0.15) is 0 Å². The van der Waals surface area contributed by atoms with Crippen LogP contribution in [0.2, 0.25) is 5.02 Å². The summed E-state index contributed by atoms with van der Waals surface area (Å²) >= 11 is 6.55. The van der Waals surface area contributed by atoms with Crippen molar-refractivity contribution in [3.63, 3.8) is 0 Å². The van der Waals surface area contributed by atoms with E-state index < -0.39 is 0 Å². The zero-order chi connectivity index (χ0) is 22.4. The minimum Gasteiger partial charge on any atom is -0.373 e. The van der Waals surface area contributed by atoms with E-state index >= 15 is 0 Å². The van der Waals surface area contributed by atoms with Crippen LogP contribution in [0.25, 0.3) is 17.0 Å². The number of rotatable bonds is 5. The SMILES string of the molecule is C=C(CCCC)N1CCN(C)CC1.C=Cc1ccc2c(Cl)c3c(nc2c1)C(C)CCC3. The maximum atomic E-state index is 6.55. The van der Waals surface area contributed by atoms with Crippen LogP contribution in [0.3, 0.4) is 0 Å². The van der Waals surface area contributed by atoms with E-state index in [0.29, 0.717) is 5.92 Å². The highest BCUT2D eigenvalue weighted by molar-refractivity contribution is 6.36. The summed E-state index contributed by atoms with van der Waals surface area (Å²) in [6, 6.07) is 6.17. The fourth-order valence-electron chi connectivity index (χ4n) is 4.45. The molecule has 0 saturated carbocycles. The summed E-state index contributed by atoms with van der Waals surface area (Å²) in [5.74, 6) is 0.517. The summed E-state index contributed by atoms with van der Waals surface area (Å²) in [6.07, 6.45) is 9.06. The average Bonchev–Trinajstić information content (AvgIpc) is 2.79. The van der Waals surface area contributed by atoms with Crippen molar-refractivity contribution < 1.29 is 0 Å². The first-order chi connectivity index (χ1) is 14.9. The number of hydrogen-bond donors (Lipinski definition) is 0. The number of benzene rings is 1. The highest BCUT2D eigenvalue weighted by atomic mass is 35.5. The van der Waals surface area contributed by atoms with Crippen molar-refractivity contribution in [2.75, 3.05) is 33.2 Å². The predicted molar refractivity (Wildman–Crippen MR) is 136 cm³/mol. The van der Waals surface area contributed by atoms with Gasteiger partial charge in [0, 0.05) is 43.0 Å². The Morgan fingerprint density at radius 1 is 1.26 bits per heavy atom. The van der Waals surface area contributed by atoms with Crippen molar-refractivity contribution >= 4 is 28.6 Å². The Kier molecular flexibility index (Phi) is 8.57. The Hall–Kier alpha value is -1.84. The highest BCUT2D eigenvalue weighted by Gasteiger charge is 2.22. The smallest absolute Gasteiger partial charge is 0.0726 e. The van der Waals surface area contributed by atoms with Gasteiger partial charge in [-0.3, -0.25) is 4.98 Å². The third kappa shape index (κ3) is 5.90. The van der Waals surface area contributed by atoms with Crippen LogP contribution in [0, 0.1) is 0 Å². The Morgan fingerprint density at radius 2 is 2.00 bits per heavy atom. The number of unbranched alkanes of at least 4 members (excludes halogenated alkanes) is 1. The molecule has 0 spiro atoms. The van der Waals surface area contributed by atoms with Crippen molar-refractivity contribution in [2.45, 2.75) is 58.3 Å². The van der Waals surface area contributed by atoms with Gasteiger partial charge in [0.1, 0.15) is 0 Å². The molecule has 168 valence electrons. The van der Waals surface area contributed by atoms with Crippen molar-refractivity contribution in [1.29, 1.82) is 0 Å². The van der Waals surface area contributed by atoms with Gasteiger partial charge in [-0.15, -0.1) is 0 Å². The average molecular weight is 440 g/mol. The fraction of sp³-hybridized carbons (Fsp3) is 0.519. The van der Waals surface area contributed by atoms with E-state index in [9.17, 15) is 0 Å². The highest BCUT2D eigenvalue weighted by Crippen LogP contribution is 2.37. The molecule has 2 aliphatic rings. The van der Waals surface area contributed by atoms with E-state index in [1.807, 2.05) is 12.1 Å². The van der Waals surface area contributed by atoms with Crippen molar-refractivity contribution in [3.8, 4) is 0 Å². The van der Waals surface area contributed by atoms with Gasteiger partial charge in [-0.1, -0.05) is 63.2 Å². The molecule has 1 aromatic carbocycles. The van der Waals surface area contributed by atoms with Gasteiger partial charge < -0.3 is 9.80 Å². The molecule has 31 heavy (non-hydrogen) atoms. The molecule has 1 atom stereocenters. The first kappa shape index (κ1) is 23.8. The van der Waals surface area contributed by atoms with Crippen LogP contribution in [0.15, 0.2) is 37.1 Å². The second-order valence-electron chi connectivity index (χ2n) is 9.02. The molecular formula is C27H38ClN3. The van der Waals surface area contributed by atoms with Crippen molar-refractivity contribution in [2.24, 2.45) is 0 Å². The van der Waals surface area contributed by atoms with Gasteiger partial charge >= 0.3 is 0 Å². The summed E-state index contributed by atoms with van der Waals surface area (Å²) < 4.78 is 0. The van der Waals surface area contributed by atoms with Crippen LogP contribution in [0.1, 0.15) is 68.7 Å². The van der Waals surface area contributed by atoms with E-state index in [-0.39, 0.29) is 0 Å². The summed E-state index contributed by atoms with van der Waals surface area (Å²) in [5.41, 5.74) is 5.88. The maximum Gasteiger partial charge on any atom is 0.0726 e. The molecule has 0 bridgehead atoms. The van der Waals surface area contributed by atoms with Crippen LogP contribution in [0.5, 0.6) is 0 Å². The molecule has 1 aromatic heterocycles. The van der Waals surface area contributed by atoms with Crippen LogP contribution in [-0.2, 0) is 6.42 Å². The van der Waals surface area contributed by atoms with Crippen LogP contribution in [0.4, 0.5) is 0 Å². The van der Waals surface area contributed by atoms with Gasteiger partial charge in [0.15, 0.2) is 0 Å². The first-order valence-electron chi connectivity index (χ1n) is 11.8. The van der Waals surface area contributed by atoms with Gasteiger partial charge in [0.05, 0.1) is 10.5 Å². The van der Waals surface area contributed by atoms with E-state index in [1.165, 1.54) is 75.2 Å². The Morgan fingerprint density at radius 3 is 2.68 bits per heavy atom. The molecule has 0 N–H and O–H groups in total. The van der Waals surface area contributed by atoms with E-state index in [1.54, 1.807) is 0 Å². The summed E-state index contributed by atoms with van der Waals surface area (Å²) in [5, 5.41) is 1.97. The molecule has 4 heteroatoms. The molecule has 2 heterocycles. The number of likely N-dealkylation sites (N-methyl/N-ethyl adjacent to an activating group) is 1. The second kappa shape index (κ2) is 11.2. The zero-order valence-electron chi connectivity index (χ0n) is 19.6. The minimum atomic E-state index is 0.517. The number of allylic oxidation sites excluding steroid dienone is 1. The lowest BCUT2D eigenvalue weighted by Crippen LogP contribution is -2.43. The standard InChI is InChI=1S/C16H16ClN.C11H22N2/c1-3-11-7-8-12-14(9-11)18-16-10(2)5-4-6-13(16)15(12)17;1-4-5-6-11(2)13-9-7-12(3)8-10-13/h3,7-10H,1,4-6H2,2H3;2,4-10H2,1,3H3. The van der Waals surface area contributed by atoms with E-state index in [2.05, 4.69) is 56.0 Å². The summed E-state index contributed by atoms with van der Waals surface area (Å²) in [7, 11) is 2.19. The lowest BCUT2D eigenvalue weighted by Gasteiger charge is -2.35. The lowest BCUT2D eigenvalue weighted by molar-refractivity contribution is 0.182. The zero-order valence-corrected chi connectivity index (χ0v) is 20.3. The second-order valence-corrected chi connectivity index (χ2v) is 9.40. The number of fused-ring (bicyclic) bond motifs is 2. The van der Waals surface area contributed by atoms with Crippen LogP contribution >= 0.6 is 11.6 Å². The lowest BCUT2D eigenvalue weighted by atomic mass is 9.87. The monoisotopic (exact) mass is 439 g/mol. The third-order valence-corrected chi connectivity index (χ3v) is 7.04. The molecule has 1 saturated heterocycles. The largest absolute Gasteiger partial charge is 0.373 e. The quantitative estimate of drug-likeness (QED) is 0.504. The first-order valence-corrected chi connectivity index (χ1v) is 12.2. The van der Waals surface area contributed by atoms with Gasteiger partial charge in [-0.05, 0) is 62.3 Å². The number of halogens is 1. The number of nitrogens with zero attached hydrogens (tertiary/aromatic N) is 3. The number of pyridine rings is 1. The van der Waals surface area contributed by atoms with Crippen molar-refractivity contribution in [1.82, 2.24) is 14.8 Å². The Bertz CT molecular complexity index is 912. The van der Waals surface area contributed by atoms with Gasteiger partial charge in [0.25, 0.3) is 0 Å². The van der Waals surface area contributed by atoms with Gasteiger partial charge in [0.2, 0.25) is 0 Å². The molecule has 1 unspecified atom stereocenters. The Labute approximate surface area is 193 Å². The minimum absolute atomic E-state index is 0.517. The maximum absolute atomic E-state index is 6.55. The normalized spacial score (nSPS) is 18.8. The van der Waals surface area contributed by atoms with Crippen molar-refractivity contribution in [3.05, 3.63) is 58.9 Å². The van der Waals surface area contributed by atoms with Gasteiger partial charge in [-0.25, -0.2) is 0 Å². The fourth-order valence-corrected chi connectivity index (χ4v) is 4.81. The molecule has 0 amide bonds. The molecule has 2 aromatic rings. The third-order valence-electron chi connectivity index (χ3n) is 6.61. The summed E-state index contributed by atoms with van der Waals surface area (Å²) in [4.78, 5) is 9.65. The topological polar surface area (TPSA) is 19.4 Å². The van der Waals surface area contributed by atoms with Crippen LogP contribution < -0.4 is 0 Å². The molecule has 1 aliphatic heterocycles. The molecular weight excluding hydrogens is 402 g/mol. The summed E-state index contributed by atoms with van der Waals surface area (Å²) in [6.45, 7) is 17.1. The Balaban J connectivity index is 0.000000187. The molecule has 1 fully saturated rings. The number of piperazine rings is 1. The molecule has 4 rings (SSSR count). The molecule has 0 radical (unpaired) electrons. The number of hydrogen-bond acceptors (Lipinski definition) is 3. The molecule has 1 aliphatic carbocycles. The van der Waals surface area contributed by atoms with E-state index in [4.69, 9.17) is 16.6 Å². The van der Waals surface area contributed by atoms with Crippen LogP contribution in [-0.4, -0.2) is 48.0 Å². The predicted octanol–water partition coefficient (Wildman–Crippen LogP) is 6.91. The van der Waals surface area contributed by atoms with E-state index in [0.717, 1.165) is 27.9 Å².